The Bertz CT molecular complexity index is 608. The van der Waals surface area contributed by atoms with Crippen molar-refractivity contribution >= 4 is 5.91 Å². The van der Waals surface area contributed by atoms with E-state index in [1.54, 1.807) is 6.20 Å². The van der Waals surface area contributed by atoms with Crippen LogP contribution in [-0.4, -0.2) is 11.4 Å². The van der Waals surface area contributed by atoms with Crippen LogP contribution in [0.3, 0.4) is 0 Å². The Kier molecular flexibility index (Phi) is 3.95. The van der Waals surface area contributed by atoms with Crippen LogP contribution in [-0.2, 0) is 10.3 Å². The Morgan fingerprint density at radius 3 is 2.43 bits per heavy atom. The molecule has 0 radical (unpaired) electrons. The lowest BCUT2D eigenvalue weighted by Gasteiger charge is -2.32. The molecule has 0 saturated heterocycles. The number of dihydropyridines is 1. The van der Waals surface area contributed by atoms with Crippen molar-refractivity contribution < 1.29 is 4.79 Å². The van der Waals surface area contributed by atoms with Gasteiger partial charge in [0.25, 0.3) is 5.91 Å². The van der Waals surface area contributed by atoms with Gasteiger partial charge in [0.05, 0.1) is 11.1 Å². The monoisotopic (exact) mass is 284 g/mol. The first kappa shape index (κ1) is 15.4. The molecule has 1 aromatic rings. The average Bonchev–Trinajstić information content (AvgIpc) is 2.37. The number of aryl methyl sites for hydroxylation is 1. The quantitative estimate of drug-likeness (QED) is 0.876. The van der Waals surface area contributed by atoms with E-state index in [2.05, 4.69) is 36.6 Å². The van der Waals surface area contributed by atoms with Crippen molar-refractivity contribution in [2.75, 3.05) is 0 Å². The molecule has 2 rings (SSSR count). The van der Waals surface area contributed by atoms with E-state index >= 15 is 0 Å². The second kappa shape index (κ2) is 5.40. The Morgan fingerprint density at radius 1 is 1.24 bits per heavy atom. The third kappa shape index (κ3) is 3.54. The van der Waals surface area contributed by atoms with E-state index in [9.17, 15) is 4.79 Å². The number of benzene rings is 1. The lowest BCUT2D eigenvalue weighted by atomic mass is 9.86. The molecule has 1 aromatic carbocycles. The highest BCUT2D eigenvalue weighted by molar-refractivity contribution is 5.96. The average molecular weight is 284 g/mol. The van der Waals surface area contributed by atoms with Gasteiger partial charge in [-0.2, -0.15) is 0 Å². The highest BCUT2D eigenvalue weighted by atomic mass is 16.1. The molecular formula is C18H24N2O. The molecule has 0 saturated carbocycles. The van der Waals surface area contributed by atoms with Gasteiger partial charge in [0.1, 0.15) is 0 Å². The summed E-state index contributed by atoms with van der Waals surface area (Å²) in [6, 6.07) is 8.28. The standard InChI is InChI=1S/C18H24N2O/c1-13-8-6-7-9-15(13)18(5)11-10-14(12-19-18)16(21)20-17(2,3)4/h6-12,19H,1-5H3,(H,20,21). The molecule has 3 nitrogen and oxygen atoms in total. The SMILES string of the molecule is Cc1ccccc1C1(C)C=CC(C(=O)NC(C)(C)C)=CN1. The first-order chi connectivity index (χ1) is 9.71. The highest BCUT2D eigenvalue weighted by Crippen LogP contribution is 2.28. The molecule has 112 valence electrons. The fraction of sp³-hybridized carbons (Fsp3) is 0.389. The molecule has 21 heavy (non-hydrogen) atoms. The molecule has 0 fully saturated rings. The van der Waals surface area contributed by atoms with Gasteiger partial charge in [-0.1, -0.05) is 30.3 Å². The summed E-state index contributed by atoms with van der Waals surface area (Å²) in [5.41, 5.74) is 2.58. The molecule has 1 atom stereocenters. The topological polar surface area (TPSA) is 41.1 Å². The van der Waals surface area contributed by atoms with E-state index in [-0.39, 0.29) is 17.0 Å². The van der Waals surface area contributed by atoms with Crippen LogP contribution in [0, 0.1) is 6.92 Å². The van der Waals surface area contributed by atoms with Crippen molar-refractivity contribution in [3.8, 4) is 0 Å². The number of nitrogens with one attached hydrogen (secondary N) is 2. The number of hydrogen-bond acceptors (Lipinski definition) is 2. The maximum atomic E-state index is 12.2. The summed E-state index contributed by atoms with van der Waals surface area (Å²) >= 11 is 0. The van der Waals surface area contributed by atoms with Gasteiger partial charge in [-0.25, -0.2) is 0 Å². The van der Waals surface area contributed by atoms with Crippen molar-refractivity contribution in [1.82, 2.24) is 10.6 Å². The van der Waals surface area contributed by atoms with E-state index in [0.717, 1.165) is 0 Å². The lowest BCUT2D eigenvalue weighted by molar-refractivity contribution is -0.118. The molecule has 1 amide bonds. The van der Waals surface area contributed by atoms with Gasteiger partial charge < -0.3 is 10.6 Å². The predicted octanol–water partition coefficient (Wildman–Crippen LogP) is 3.17. The molecule has 0 aromatic heterocycles. The minimum absolute atomic E-state index is 0.0573. The first-order valence-corrected chi connectivity index (χ1v) is 7.27. The molecule has 1 aliphatic rings. The highest BCUT2D eigenvalue weighted by Gasteiger charge is 2.27. The minimum atomic E-state index is -0.281. The van der Waals surface area contributed by atoms with Crippen LogP contribution in [0.1, 0.15) is 38.8 Å². The normalized spacial score (nSPS) is 21.5. The number of hydrogen-bond donors (Lipinski definition) is 2. The molecule has 0 bridgehead atoms. The summed E-state index contributed by atoms with van der Waals surface area (Å²) in [7, 11) is 0. The van der Waals surface area contributed by atoms with Gasteiger partial charge in [0.15, 0.2) is 0 Å². The molecular weight excluding hydrogens is 260 g/mol. The smallest absolute Gasteiger partial charge is 0.253 e. The lowest BCUT2D eigenvalue weighted by Crippen LogP contribution is -2.43. The van der Waals surface area contributed by atoms with Crippen LogP contribution in [0.4, 0.5) is 0 Å². The van der Waals surface area contributed by atoms with E-state index < -0.39 is 0 Å². The number of amides is 1. The van der Waals surface area contributed by atoms with Gasteiger partial charge in [-0.15, -0.1) is 0 Å². The summed E-state index contributed by atoms with van der Waals surface area (Å²) in [5, 5.41) is 6.33. The van der Waals surface area contributed by atoms with E-state index in [4.69, 9.17) is 0 Å². The Balaban J connectivity index is 2.18. The summed E-state index contributed by atoms with van der Waals surface area (Å²) in [6.45, 7) is 10.1. The maximum absolute atomic E-state index is 12.2. The van der Waals surface area contributed by atoms with Crippen LogP contribution in [0.25, 0.3) is 0 Å². The molecule has 1 aliphatic heterocycles. The van der Waals surface area contributed by atoms with Crippen LogP contribution < -0.4 is 10.6 Å². The van der Waals surface area contributed by atoms with Crippen LogP contribution in [0.5, 0.6) is 0 Å². The van der Waals surface area contributed by atoms with Crippen LogP contribution in [0.15, 0.2) is 48.2 Å². The second-order valence-corrected chi connectivity index (χ2v) is 6.80. The zero-order chi connectivity index (χ0) is 15.7. The first-order valence-electron chi connectivity index (χ1n) is 7.27. The van der Waals surface area contributed by atoms with Crippen molar-refractivity contribution in [2.45, 2.75) is 45.7 Å². The largest absolute Gasteiger partial charge is 0.378 e. The number of carbonyl (C=O) groups excluding carboxylic acids is 1. The summed E-state index contributed by atoms with van der Waals surface area (Å²) in [5.74, 6) is -0.0573. The fourth-order valence-corrected chi connectivity index (χ4v) is 2.46. The summed E-state index contributed by atoms with van der Waals surface area (Å²) in [4.78, 5) is 12.2. The molecule has 0 spiro atoms. The summed E-state index contributed by atoms with van der Waals surface area (Å²) in [6.07, 6.45) is 5.74. The zero-order valence-electron chi connectivity index (χ0n) is 13.4. The Labute approximate surface area is 127 Å². The van der Waals surface area contributed by atoms with Crippen LogP contribution >= 0.6 is 0 Å². The predicted molar refractivity (Wildman–Crippen MR) is 86.8 cm³/mol. The molecule has 3 heteroatoms. The van der Waals surface area contributed by atoms with Crippen molar-refractivity contribution in [3.05, 3.63) is 59.3 Å². The van der Waals surface area contributed by atoms with E-state index in [0.29, 0.717) is 5.57 Å². The molecule has 1 unspecified atom stereocenters. The van der Waals surface area contributed by atoms with E-state index in [1.807, 2.05) is 45.1 Å². The maximum Gasteiger partial charge on any atom is 0.253 e. The Hall–Kier alpha value is -2.03. The van der Waals surface area contributed by atoms with Gasteiger partial charge in [-0.05, 0) is 51.8 Å². The van der Waals surface area contributed by atoms with Gasteiger partial charge in [0, 0.05) is 11.7 Å². The molecule has 1 heterocycles. The van der Waals surface area contributed by atoms with Crippen molar-refractivity contribution in [1.29, 1.82) is 0 Å². The second-order valence-electron chi connectivity index (χ2n) is 6.80. The molecule has 2 N–H and O–H groups in total. The third-order valence-electron chi connectivity index (χ3n) is 3.58. The minimum Gasteiger partial charge on any atom is -0.378 e. The van der Waals surface area contributed by atoms with Gasteiger partial charge in [0.2, 0.25) is 0 Å². The van der Waals surface area contributed by atoms with Gasteiger partial charge >= 0.3 is 0 Å². The summed E-state index contributed by atoms with van der Waals surface area (Å²) < 4.78 is 0. The van der Waals surface area contributed by atoms with E-state index in [1.165, 1.54) is 11.1 Å². The number of rotatable bonds is 2. The number of carbonyl (C=O) groups is 1. The zero-order valence-corrected chi connectivity index (χ0v) is 13.4. The Morgan fingerprint density at radius 2 is 1.90 bits per heavy atom. The fourth-order valence-electron chi connectivity index (χ4n) is 2.46. The van der Waals surface area contributed by atoms with Crippen molar-refractivity contribution in [3.63, 3.8) is 0 Å². The molecule has 0 aliphatic carbocycles. The van der Waals surface area contributed by atoms with Crippen molar-refractivity contribution in [2.24, 2.45) is 0 Å². The van der Waals surface area contributed by atoms with Crippen LogP contribution in [0.2, 0.25) is 0 Å². The third-order valence-corrected chi connectivity index (χ3v) is 3.58. The van der Waals surface area contributed by atoms with Gasteiger partial charge in [-0.3, -0.25) is 4.79 Å².